The third-order valence-corrected chi connectivity index (χ3v) is 3.30. The van der Waals surface area contributed by atoms with Gasteiger partial charge < -0.3 is 4.90 Å². The molecule has 1 rings (SSSR count). The molecule has 2 nitrogen and oxygen atoms in total. The zero-order valence-corrected chi connectivity index (χ0v) is 12.9. The van der Waals surface area contributed by atoms with Crippen molar-refractivity contribution >= 4 is 21.8 Å². The van der Waals surface area contributed by atoms with E-state index >= 15 is 0 Å². The molecule has 0 saturated heterocycles. The van der Waals surface area contributed by atoms with Crippen LogP contribution in [-0.2, 0) is 11.2 Å². The second kappa shape index (κ2) is 8.30. The summed E-state index contributed by atoms with van der Waals surface area (Å²) in [6.45, 7) is 5.85. The molecule has 0 radical (unpaired) electrons. The largest absolute Gasteiger partial charge is 0.342 e. The minimum atomic E-state index is 0.261. The van der Waals surface area contributed by atoms with Crippen molar-refractivity contribution in [3.63, 3.8) is 0 Å². The average molecular weight is 312 g/mol. The molecule has 1 aromatic rings. The van der Waals surface area contributed by atoms with E-state index in [0.717, 1.165) is 31.3 Å². The summed E-state index contributed by atoms with van der Waals surface area (Å²) in [5.41, 5.74) is 2.50. The van der Waals surface area contributed by atoms with Gasteiger partial charge in [0.1, 0.15) is 0 Å². The molecule has 1 aromatic carbocycles. The molecule has 0 fully saturated rings. The highest BCUT2D eigenvalue weighted by Crippen LogP contribution is 2.08. The first-order valence-electron chi connectivity index (χ1n) is 6.56. The summed E-state index contributed by atoms with van der Waals surface area (Å²) in [5, 5.41) is 0.850. The second-order valence-electron chi connectivity index (χ2n) is 4.56. The zero-order valence-electron chi connectivity index (χ0n) is 11.3. The first kappa shape index (κ1) is 15.2. The number of hydrogen-bond donors (Lipinski definition) is 0. The minimum Gasteiger partial charge on any atom is -0.342 e. The van der Waals surface area contributed by atoms with Gasteiger partial charge >= 0.3 is 0 Å². The highest BCUT2D eigenvalue weighted by molar-refractivity contribution is 9.09. The summed E-state index contributed by atoms with van der Waals surface area (Å²) >= 11 is 3.40. The van der Waals surface area contributed by atoms with Crippen molar-refractivity contribution in [3.8, 4) is 0 Å². The smallest absolute Gasteiger partial charge is 0.222 e. The molecule has 0 aromatic heterocycles. The number of amides is 1. The quantitative estimate of drug-likeness (QED) is 0.705. The molecule has 0 saturated carbocycles. The fourth-order valence-corrected chi connectivity index (χ4v) is 2.33. The van der Waals surface area contributed by atoms with E-state index in [4.69, 9.17) is 0 Å². The van der Waals surface area contributed by atoms with Crippen LogP contribution >= 0.6 is 15.9 Å². The van der Waals surface area contributed by atoms with Crippen molar-refractivity contribution in [1.82, 2.24) is 4.90 Å². The number of alkyl halides is 1. The number of carbonyl (C=O) groups excluding carboxylic acids is 1. The van der Waals surface area contributed by atoms with E-state index < -0.39 is 0 Å². The van der Waals surface area contributed by atoms with Crippen molar-refractivity contribution in [3.05, 3.63) is 35.4 Å². The maximum absolute atomic E-state index is 12.1. The molecule has 0 bridgehead atoms. The van der Waals surface area contributed by atoms with Gasteiger partial charge in [0.05, 0.1) is 0 Å². The van der Waals surface area contributed by atoms with Crippen molar-refractivity contribution in [2.24, 2.45) is 0 Å². The molecule has 0 spiro atoms. The van der Waals surface area contributed by atoms with Gasteiger partial charge in [-0.25, -0.2) is 0 Å². The van der Waals surface area contributed by atoms with Crippen LogP contribution in [0.2, 0.25) is 0 Å². The maximum Gasteiger partial charge on any atom is 0.222 e. The fourth-order valence-electron chi connectivity index (χ4n) is 1.90. The summed E-state index contributed by atoms with van der Waals surface area (Å²) < 4.78 is 0. The van der Waals surface area contributed by atoms with Crippen LogP contribution in [0, 0.1) is 6.92 Å². The third-order valence-electron chi connectivity index (χ3n) is 2.95. The molecule has 0 N–H and O–H groups in total. The molecule has 0 aliphatic rings. The lowest BCUT2D eigenvalue weighted by Crippen LogP contribution is -2.33. The van der Waals surface area contributed by atoms with Crippen molar-refractivity contribution < 1.29 is 4.79 Å². The molecule has 0 atom stereocenters. The molecular weight excluding hydrogens is 290 g/mol. The van der Waals surface area contributed by atoms with Gasteiger partial charge in [0, 0.05) is 24.8 Å². The second-order valence-corrected chi connectivity index (χ2v) is 5.35. The predicted octanol–water partition coefficient (Wildman–Crippen LogP) is 3.56. The van der Waals surface area contributed by atoms with Gasteiger partial charge in [-0.2, -0.15) is 0 Å². The van der Waals surface area contributed by atoms with E-state index in [1.807, 2.05) is 4.90 Å². The molecule has 0 aliphatic carbocycles. The Hall–Kier alpha value is -0.830. The van der Waals surface area contributed by atoms with Gasteiger partial charge in [-0.15, -0.1) is 0 Å². The van der Waals surface area contributed by atoms with Crippen LogP contribution in [0.15, 0.2) is 24.3 Å². The number of hydrogen-bond acceptors (Lipinski definition) is 1. The van der Waals surface area contributed by atoms with Crippen LogP contribution < -0.4 is 0 Å². The molecule has 18 heavy (non-hydrogen) atoms. The van der Waals surface area contributed by atoms with E-state index in [2.05, 4.69) is 54.0 Å². The molecule has 100 valence electrons. The summed E-state index contributed by atoms with van der Waals surface area (Å²) in [6, 6.07) is 8.42. The number of carbonyl (C=O) groups is 1. The average Bonchev–Trinajstić information content (AvgIpc) is 2.37. The highest BCUT2D eigenvalue weighted by Gasteiger charge is 2.11. The Kier molecular flexibility index (Phi) is 7.02. The minimum absolute atomic E-state index is 0.261. The van der Waals surface area contributed by atoms with Gasteiger partial charge in [0.2, 0.25) is 5.91 Å². The van der Waals surface area contributed by atoms with Crippen molar-refractivity contribution in [2.45, 2.75) is 33.1 Å². The fraction of sp³-hybridized carbons (Fsp3) is 0.533. The Morgan fingerprint density at radius 2 is 1.89 bits per heavy atom. The summed E-state index contributed by atoms with van der Waals surface area (Å²) in [7, 11) is 0. The van der Waals surface area contributed by atoms with E-state index in [9.17, 15) is 4.79 Å². The van der Waals surface area contributed by atoms with Gasteiger partial charge in [0.25, 0.3) is 0 Å². The first-order chi connectivity index (χ1) is 8.67. The van der Waals surface area contributed by atoms with Crippen LogP contribution in [0.25, 0.3) is 0 Å². The van der Waals surface area contributed by atoms with Gasteiger partial charge in [-0.05, 0) is 25.3 Å². The Morgan fingerprint density at radius 1 is 1.22 bits per heavy atom. The lowest BCUT2D eigenvalue weighted by molar-refractivity contribution is -0.130. The number of nitrogens with zero attached hydrogens (tertiary/aromatic N) is 1. The highest BCUT2D eigenvalue weighted by atomic mass is 79.9. The molecule has 0 aliphatic heterocycles. The van der Waals surface area contributed by atoms with Crippen LogP contribution in [0.4, 0.5) is 0 Å². The number of halogens is 1. The van der Waals surface area contributed by atoms with Crippen LogP contribution in [0.3, 0.4) is 0 Å². The number of rotatable bonds is 7. The van der Waals surface area contributed by atoms with E-state index in [-0.39, 0.29) is 5.91 Å². The van der Waals surface area contributed by atoms with Gasteiger partial charge in [-0.1, -0.05) is 52.7 Å². The van der Waals surface area contributed by atoms with Crippen LogP contribution in [-0.4, -0.2) is 29.2 Å². The lowest BCUT2D eigenvalue weighted by Gasteiger charge is -2.21. The molecular formula is C15H22BrNO. The summed E-state index contributed by atoms with van der Waals surface area (Å²) in [5.74, 6) is 0.261. The van der Waals surface area contributed by atoms with Crippen LogP contribution in [0.5, 0.6) is 0 Å². The predicted molar refractivity (Wildman–Crippen MR) is 80.2 cm³/mol. The topological polar surface area (TPSA) is 20.3 Å². The number of aryl methyl sites for hydroxylation is 2. The zero-order chi connectivity index (χ0) is 13.4. The SMILES string of the molecule is CCCN(CCBr)C(=O)CCc1ccc(C)cc1. The van der Waals surface area contributed by atoms with E-state index in [1.165, 1.54) is 11.1 Å². The summed E-state index contributed by atoms with van der Waals surface area (Å²) in [6.07, 6.45) is 2.46. The van der Waals surface area contributed by atoms with E-state index in [1.54, 1.807) is 0 Å². The van der Waals surface area contributed by atoms with Gasteiger partial charge in [0.15, 0.2) is 0 Å². The Balaban J connectivity index is 2.45. The molecule has 0 unspecified atom stereocenters. The van der Waals surface area contributed by atoms with Crippen LogP contribution in [0.1, 0.15) is 30.9 Å². The molecule has 1 amide bonds. The Labute approximate surface area is 119 Å². The standard InChI is InChI=1S/C15H22BrNO/c1-3-11-17(12-10-16)15(18)9-8-14-6-4-13(2)5-7-14/h4-7H,3,8-12H2,1-2H3. The molecule has 3 heteroatoms. The number of benzene rings is 1. The summed E-state index contributed by atoms with van der Waals surface area (Å²) in [4.78, 5) is 14.0. The van der Waals surface area contributed by atoms with Crippen molar-refractivity contribution in [2.75, 3.05) is 18.4 Å². The van der Waals surface area contributed by atoms with E-state index in [0.29, 0.717) is 6.42 Å². The Morgan fingerprint density at radius 3 is 2.44 bits per heavy atom. The monoisotopic (exact) mass is 311 g/mol. The Bertz CT molecular complexity index is 355. The lowest BCUT2D eigenvalue weighted by atomic mass is 10.1. The molecule has 0 heterocycles. The normalized spacial score (nSPS) is 10.4. The van der Waals surface area contributed by atoms with Gasteiger partial charge in [-0.3, -0.25) is 4.79 Å². The third kappa shape index (κ3) is 5.21. The van der Waals surface area contributed by atoms with Crippen molar-refractivity contribution in [1.29, 1.82) is 0 Å². The maximum atomic E-state index is 12.1. The first-order valence-corrected chi connectivity index (χ1v) is 7.68.